The van der Waals surface area contributed by atoms with Crippen molar-refractivity contribution in [2.75, 3.05) is 26.2 Å². The molecule has 1 fully saturated rings. The number of likely N-dealkylation sites (tertiary alicyclic amines) is 1. The van der Waals surface area contributed by atoms with Gasteiger partial charge in [0, 0.05) is 25.7 Å². The highest BCUT2D eigenvalue weighted by atomic mass is 16.5. The van der Waals surface area contributed by atoms with E-state index in [-0.39, 0.29) is 11.9 Å². The van der Waals surface area contributed by atoms with E-state index in [4.69, 9.17) is 10.5 Å². The van der Waals surface area contributed by atoms with Gasteiger partial charge in [0.05, 0.1) is 11.6 Å². The number of nitrogens with two attached hydrogens (primary N) is 1. The third-order valence-corrected chi connectivity index (χ3v) is 4.24. The molecule has 5 heteroatoms. The second kappa shape index (κ2) is 8.71. The van der Waals surface area contributed by atoms with Crippen LogP contribution in [0.4, 0.5) is 0 Å². The Kier molecular flexibility index (Phi) is 7.63. The van der Waals surface area contributed by atoms with Crippen LogP contribution in [0, 0.1) is 0 Å². The number of hydrogen-bond donors (Lipinski definition) is 2. The van der Waals surface area contributed by atoms with Crippen LogP contribution in [0.5, 0.6) is 0 Å². The Morgan fingerprint density at radius 3 is 2.52 bits per heavy atom. The van der Waals surface area contributed by atoms with Crippen LogP contribution in [0.25, 0.3) is 0 Å². The van der Waals surface area contributed by atoms with Crippen molar-refractivity contribution in [2.45, 2.75) is 71.1 Å². The molecule has 0 aromatic rings. The fourth-order valence-corrected chi connectivity index (χ4v) is 3.10. The minimum absolute atomic E-state index is 0.254. The van der Waals surface area contributed by atoms with Gasteiger partial charge < -0.3 is 20.7 Å². The maximum atomic E-state index is 11.7. The van der Waals surface area contributed by atoms with Gasteiger partial charge >= 0.3 is 0 Å². The number of rotatable bonds is 9. The molecule has 0 bridgehead atoms. The number of piperidine rings is 1. The Morgan fingerprint density at radius 1 is 1.43 bits per heavy atom. The maximum Gasteiger partial charge on any atom is 0.237 e. The van der Waals surface area contributed by atoms with Gasteiger partial charge in [0.2, 0.25) is 5.91 Å². The molecule has 0 radical (unpaired) electrons. The zero-order valence-corrected chi connectivity index (χ0v) is 14.2. The summed E-state index contributed by atoms with van der Waals surface area (Å²) in [7, 11) is 0. The standard InChI is InChI=1S/C16H33N3O2/c1-5-21-14-7-11-19(12-8-14)10-6-9-16(4,15(17)20)18-13(2)3/h13-14,18H,5-12H2,1-4H3,(H2,17,20). The van der Waals surface area contributed by atoms with Crippen LogP contribution in [0.1, 0.15) is 53.4 Å². The van der Waals surface area contributed by atoms with Crippen molar-refractivity contribution in [3.05, 3.63) is 0 Å². The van der Waals surface area contributed by atoms with Gasteiger partial charge in [-0.1, -0.05) is 0 Å². The van der Waals surface area contributed by atoms with Crippen molar-refractivity contribution < 1.29 is 9.53 Å². The molecule has 124 valence electrons. The predicted molar refractivity (Wildman–Crippen MR) is 86.2 cm³/mol. The molecule has 0 aromatic heterocycles. The predicted octanol–water partition coefficient (Wildman–Crippen LogP) is 1.51. The highest BCUT2D eigenvalue weighted by molar-refractivity contribution is 5.84. The average molecular weight is 299 g/mol. The molecule has 3 N–H and O–H groups in total. The van der Waals surface area contributed by atoms with Crippen LogP contribution in [0.2, 0.25) is 0 Å². The molecule has 1 rings (SSSR count). The Bertz CT molecular complexity index is 315. The van der Waals surface area contributed by atoms with Gasteiger partial charge in [-0.3, -0.25) is 4.79 Å². The molecule has 1 aliphatic heterocycles. The van der Waals surface area contributed by atoms with Crippen LogP contribution in [0.15, 0.2) is 0 Å². The monoisotopic (exact) mass is 299 g/mol. The lowest BCUT2D eigenvalue weighted by atomic mass is 9.93. The normalized spacial score (nSPS) is 20.6. The zero-order valence-electron chi connectivity index (χ0n) is 14.2. The lowest BCUT2D eigenvalue weighted by Crippen LogP contribution is -2.55. The number of nitrogens with zero attached hydrogens (tertiary/aromatic N) is 1. The van der Waals surface area contributed by atoms with Crippen LogP contribution >= 0.6 is 0 Å². The first-order chi connectivity index (χ1) is 9.87. The maximum absolute atomic E-state index is 11.7. The molecule has 0 saturated carbocycles. The zero-order chi connectivity index (χ0) is 15.9. The lowest BCUT2D eigenvalue weighted by molar-refractivity contribution is -0.124. The summed E-state index contributed by atoms with van der Waals surface area (Å²) in [6, 6.07) is 0.254. The summed E-state index contributed by atoms with van der Waals surface area (Å²) in [5.74, 6) is -0.258. The molecular formula is C16H33N3O2. The van der Waals surface area contributed by atoms with Gasteiger partial charge in [0.15, 0.2) is 0 Å². The first-order valence-electron chi connectivity index (χ1n) is 8.29. The number of amides is 1. The van der Waals surface area contributed by atoms with Gasteiger partial charge in [-0.2, -0.15) is 0 Å². The number of hydrogen-bond acceptors (Lipinski definition) is 4. The molecule has 0 aliphatic carbocycles. The first-order valence-corrected chi connectivity index (χ1v) is 8.29. The van der Waals surface area contributed by atoms with Gasteiger partial charge in [0.1, 0.15) is 0 Å². The molecule has 0 spiro atoms. The van der Waals surface area contributed by atoms with E-state index in [1.165, 1.54) is 0 Å². The van der Waals surface area contributed by atoms with Crippen molar-refractivity contribution in [1.82, 2.24) is 10.2 Å². The lowest BCUT2D eigenvalue weighted by Gasteiger charge is -2.34. The molecule has 1 aliphatic rings. The topological polar surface area (TPSA) is 67.6 Å². The number of carbonyl (C=O) groups excluding carboxylic acids is 1. The van der Waals surface area contributed by atoms with E-state index in [1.807, 2.05) is 20.8 Å². The summed E-state index contributed by atoms with van der Waals surface area (Å²) in [6.07, 6.45) is 4.44. The van der Waals surface area contributed by atoms with E-state index < -0.39 is 5.54 Å². The fraction of sp³-hybridized carbons (Fsp3) is 0.938. The van der Waals surface area contributed by atoms with E-state index in [0.29, 0.717) is 6.10 Å². The van der Waals surface area contributed by atoms with E-state index in [2.05, 4.69) is 17.1 Å². The van der Waals surface area contributed by atoms with Crippen molar-refractivity contribution in [3.8, 4) is 0 Å². The number of nitrogens with one attached hydrogen (secondary N) is 1. The van der Waals surface area contributed by atoms with E-state index >= 15 is 0 Å². The van der Waals surface area contributed by atoms with Crippen LogP contribution in [-0.2, 0) is 9.53 Å². The van der Waals surface area contributed by atoms with Gasteiger partial charge in [0.25, 0.3) is 0 Å². The largest absolute Gasteiger partial charge is 0.378 e. The van der Waals surface area contributed by atoms with Crippen molar-refractivity contribution in [3.63, 3.8) is 0 Å². The van der Waals surface area contributed by atoms with Crippen molar-refractivity contribution in [2.24, 2.45) is 5.73 Å². The Morgan fingerprint density at radius 2 is 2.05 bits per heavy atom. The molecule has 5 nitrogen and oxygen atoms in total. The summed E-state index contributed by atoms with van der Waals surface area (Å²) in [5, 5.41) is 3.30. The molecular weight excluding hydrogens is 266 g/mol. The van der Waals surface area contributed by atoms with Crippen LogP contribution in [-0.4, -0.2) is 54.7 Å². The second-order valence-corrected chi connectivity index (χ2v) is 6.60. The fourth-order valence-electron chi connectivity index (χ4n) is 3.10. The molecule has 0 aromatic carbocycles. The second-order valence-electron chi connectivity index (χ2n) is 6.60. The minimum atomic E-state index is -0.599. The van der Waals surface area contributed by atoms with Gasteiger partial charge in [-0.25, -0.2) is 0 Å². The summed E-state index contributed by atoms with van der Waals surface area (Å²) in [6.45, 7) is 12.1. The van der Waals surface area contributed by atoms with E-state index in [0.717, 1.165) is 51.9 Å². The van der Waals surface area contributed by atoms with Crippen LogP contribution < -0.4 is 11.1 Å². The third kappa shape index (κ3) is 6.32. The average Bonchev–Trinajstić information content (AvgIpc) is 2.40. The first kappa shape index (κ1) is 18.4. The molecule has 1 heterocycles. The summed E-state index contributed by atoms with van der Waals surface area (Å²) in [4.78, 5) is 14.1. The number of primary amides is 1. The van der Waals surface area contributed by atoms with E-state index in [9.17, 15) is 4.79 Å². The van der Waals surface area contributed by atoms with Crippen LogP contribution in [0.3, 0.4) is 0 Å². The van der Waals surface area contributed by atoms with Gasteiger partial charge in [-0.15, -0.1) is 0 Å². The molecule has 1 amide bonds. The highest BCUT2D eigenvalue weighted by Gasteiger charge is 2.31. The van der Waals surface area contributed by atoms with E-state index in [1.54, 1.807) is 0 Å². The summed E-state index contributed by atoms with van der Waals surface area (Å²) in [5.41, 5.74) is 4.96. The van der Waals surface area contributed by atoms with Crippen molar-refractivity contribution in [1.29, 1.82) is 0 Å². The summed E-state index contributed by atoms with van der Waals surface area (Å²) >= 11 is 0. The number of carbonyl (C=O) groups is 1. The smallest absolute Gasteiger partial charge is 0.237 e. The highest BCUT2D eigenvalue weighted by Crippen LogP contribution is 2.17. The summed E-state index contributed by atoms with van der Waals surface area (Å²) < 4.78 is 5.67. The van der Waals surface area contributed by atoms with Crippen molar-refractivity contribution >= 4 is 5.91 Å². The Hall–Kier alpha value is -0.650. The Balaban J connectivity index is 2.30. The molecule has 1 saturated heterocycles. The third-order valence-electron chi connectivity index (χ3n) is 4.24. The molecule has 21 heavy (non-hydrogen) atoms. The Labute approximate surface area is 129 Å². The molecule has 1 unspecified atom stereocenters. The SMILES string of the molecule is CCOC1CCN(CCCC(C)(NC(C)C)C(N)=O)CC1. The van der Waals surface area contributed by atoms with Gasteiger partial charge in [-0.05, 0) is 59.9 Å². The number of ether oxygens (including phenoxy) is 1. The quantitative estimate of drug-likeness (QED) is 0.677. The minimum Gasteiger partial charge on any atom is -0.378 e. The molecule has 1 atom stereocenters.